The average molecular weight is 196 g/mol. The summed E-state index contributed by atoms with van der Waals surface area (Å²) in [6.07, 6.45) is 0.565. The molecule has 0 bridgehead atoms. The molecule has 0 fully saturated rings. The van der Waals surface area contributed by atoms with Crippen molar-refractivity contribution in [1.29, 1.82) is 0 Å². The van der Waals surface area contributed by atoms with Gasteiger partial charge in [-0.2, -0.15) is 0 Å². The molecule has 1 aromatic rings. The Balaban J connectivity index is 2.72. The zero-order valence-corrected chi connectivity index (χ0v) is 8.54. The fourth-order valence-electron chi connectivity index (χ4n) is 1.47. The minimum atomic E-state index is -0.269. The number of anilines is 1. The highest BCUT2D eigenvalue weighted by molar-refractivity contribution is 5.52. The van der Waals surface area contributed by atoms with E-state index in [2.05, 4.69) is 0 Å². The van der Waals surface area contributed by atoms with Crippen LogP contribution in [-0.2, 0) is 6.54 Å². The van der Waals surface area contributed by atoms with E-state index in [-0.39, 0.29) is 6.67 Å². The Labute approximate surface area is 84.5 Å². The van der Waals surface area contributed by atoms with Gasteiger partial charge in [0.05, 0.1) is 6.67 Å². The van der Waals surface area contributed by atoms with E-state index in [0.29, 0.717) is 13.0 Å². The third kappa shape index (κ3) is 2.70. The van der Waals surface area contributed by atoms with Gasteiger partial charge in [-0.3, -0.25) is 4.39 Å². The summed E-state index contributed by atoms with van der Waals surface area (Å²) in [4.78, 5) is 2.04. The molecule has 1 rings (SSSR count). The molecule has 0 saturated heterocycles. The Morgan fingerprint density at radius 3 is 2.71 bits per heavy atom. The van der Waals surface area contributed by atoms with E-state index >= 15 is 0 Å². The normalized spacial score (nSPS) is 10.2. The number of benzene rings is 1. The first-order valence-electron chi connectivity index (χ1n) is 4.84. The quantitative estimate of drug-likeness (QED) is 0.779. The Hall–Kier alpha value is -1.09. The molecule has 0 aliphatic rings. The van der Waals surface area contributed by atoms with Crippen LogP contribution in [0.15, 0.2) is 24.3 Å². The molecule has 1 aromatic carbocycles. The van der Waals surface area contributed by atoms with Crippen LogP contribution in [0.25, 0.3) is 0 Å². The molecule has 0 heterocycles. The maximum atomic E-state index is 12.0. The van der Waals surface area contributed by atoms with E-state index in [1.54, 1.807) is 0 Å². The Morgan fingerprint density at radius 2 is 2.07 bits per heavy atom. The number of halogens is 1. The van der Waals surface area contributed by atoms with E-state index in [4.69, 9.17) is 5.73 Å². The zero-order chi connectivity index (χ0) is 10.4. The number of hydrogen-bond acceptors (Lipinski definition) is 2. The van der Waals surface area contributed by atoms with Gasteiger partial charge >= 0.3 is 0 Å². The summed E-state index contributed by atoms with van der Waals surface area (Å²) in [5, 5.41) is 0. The van der Waals surface area contributed by atoms with Crippen LogP contribution >= 0.6 is 0 Å². The largest absolute Gasteiger partial charge is 0.374 e. The van der Waals surface area contributed by atoms with Gasteiger partial charge in [0.2, 0.25) is 0 Å². The van der Waals surface area contributed by atoms with Gasteiger partial charge in [0.1, 0.15) is 0 Å². The van der Waals surface area contributed by atoms with Crippen LogP contribution in [0.3, 0.4) is 0 Å². The topological polar surface area (TPSA) is 29.3 Å². The summed E-state index contributed by atoms with van der Waals surface area (Å²) in [5.41, 5.74) is 7.82. The van der Waals surface area contributed by atoms with Crippen LogP contribution in [0.4, 0.5) is 10.1 Å². The van der Waals surface area contributed by atoms with Gasteiger partial charge in [-0.1, -0.05) is 18.2 Å². The molecule has 14 heavy (non-hydrogen) atoms. The van der Waals surface area contributed by atoms with Crippen molar-refractivity contribution in [3.05, 3.63) is 29.8 Å². The minimum absolute atomic E-state index is 0.269. The summed E-state index contributed by atoms with van der Waals surface area (Å²) >= 11 is 0. The predicted molar refractivity (Wildman–Crippen MR) is 58.2 cm³/mol. The zero-order valence-electron chi connectivity index (χ0n) is 8.54. The molecule has 3 heteroatoms. The van der Waals surface area contributed by atoms with Crippen LogP contribution < -0.4 is 10.6 Å². The average Bonchev–Trinajstić information content (AvgIpc) is 2.25. The Kier molecular flexibility index (Phi) is 4.40. The van der Waals surface area contributed by atoms with Gasteiger partial charge in [0.15, 0.2) is 0 Å². The molecular weight excluding hydrogens is 179 g/mol. The van der Waals surface area contributed by atoms with Crippen LogP contribution in [0.5, 0.6) is 0 Å². The van der Waals surface area contributed by atoms with Crippen LogP contribution in [0, 0.1) is 0 Å². The van der Waals surface area contributed by atoms with Crippen molar-refractivity contribution in [3.63, 3.8) is 0 Å². The van der Waals surface area contributed by atoms with Crippen LogP contribution in [0.2, 0.25) is 0 Å². The number of nitrogens with zero attached hydrogens (tertiary/aromatic N) is 1. The number of alkyl halides is 1. The lowest BCUT2D eigenvalue weighted by Crippen LogP contribution is -2.21. The second-order valence-corrected chi connectivity index (χ2v) is 3.30. The third-order valence-electron chi connectivity index (χ3n) is 2.25. The maximum absolute atomic E-state index is 12.0. The molecule has 0 saturated carbocycles. The lowest BCUT2D eigenvalue weighted by atomic mass is 10.1. The predicted octanol–water partition coefficient (Wildman–Crippen LogP) is 1.94. The lowest BCUT2D eigenvalue weighted by molar-refractivity contribution is 0.474. The molecule has 0 aromatic heterocycles. The van der Waals surface area contributed by atoms with Gasteiger partial charge in [-0.05, 0) is 18.1 Å². The maximum Gasteiger partial charge on any atom is 0.0911 e. The fourth-order valence-corrected chi connectivity index (χ4v) is 1.47. The van der Waals surface area contributed by atoms with Crippen LogP contribution in [-0.4, -0.2) is 20.3 Å². The molecular formula is C11H17FN2. The number of nitrogens with two attached hydrogens (primary N) is 1. The van der Waals surface area contributed by atoms with Gasteiger partial charge < -0.3 is 10.6 Å². The van der Waals surface area contributed by atoms with Gasteiger partial charge in [-0.25, -0.2) is 0 Å². The van der Waals surface area contributed by atoms with Gasteiger partial charge in [0, 0.05) is 25.8 Å². The number of hydrogen-bond donors (Lipinski definition) is 1. The van der Waals surface area contributed by atoms with Gasteiger partial charge in [0.25, 0.3) is 0 Å². The van der Waals surface area contributed by atoms with Crippen molar-refractivity contribution in [2.45, 2.75) is 13.0 Å². The smallest absolute Gasteiger partial charge is 0.0911 e. The van der Waals surface area contributed by atoms with E-state index in [9.17, 15) is 4.39 Å². The highest BCUT2D eigenvalue weighted by atomic mass is 19.1. The molecule has 0 aliphatic carbocycles. The molecule has 0 atom stereocenters. The number of para-hydroxylation sites is 1. The molecule has 2 nitrogen and oxygen atoms in total. The second-order valence-electron chi connectivity index (χ2n) is 3.30. The van der Waals surface area contributed by atoms with E-state index in [1.165, 1.54) is 0 Å². The summed E-state index contributed by atoms with van der Waals surface area (Å²) in [6, 6.07) is 7.96. The molecule has 78 valence electrons. The van der Waals surface area contributed by atoms with Crippen molar-refractivity contribution < 1.29 is 4.39 Å². The molecule has 0 amide bonds. The third-order valence-corrected chi connectivity index (χ3v) is 2.25. The highest BCUT2D eigenvalue weighted by Crippen LogP contribution is 2.18. The summed E-state index contributed by atoms with van der Waals surface area (Å²) < 4.78 is 12.0. The van der Waals surface area contributed by atoms with E-state index in [1.807, 2.05) is 36.2 Å². The van der Waals surface area contributed by atoms with Crippen molar-refractivity contribution >= 4 is 5.69 Å². The lowest BCUT2D eigenvalue weighted by Gasteiger charge is -2.21. The molecule has 0 unspecified atom stereocenters. The SMILES string of the molecule is CN(CCCF)c1ccccc1CN. The molecule has 2 N–H and O–H groups in total. The first-order valence-corrected chi connectivity index (χ1v) is 4.84. The monoisotopic (exact) mass is 196 g/mol. The van der Waals surface area contributed by atoms with Crippen LogP contribution in [0.1, 0.15) is 12.0 Å². The fraction of sp³-hybridized carbons (Fsp3) is 0.455. The summed E-state index contributed by atoms with van der Waals surface area (Å²) in [7, 11) is 1.96. The van der Waals surface area contributed by atoms with Gasteiger partial charge in [-0.15, -0.1) is 0 Å². The molecule has 0 aliphatic heterocycles. The van der Waals surface area contributed by atoms with Crippen molar-refractivity contribution in [2.24, 2.45) is 5.73 Å². The van der Waals surface area contributed by atoms with Crippen molar-refractivity contribution in [1.82, 2.24) is 0 Å². The Bertz CT molecular complexity index is 276. The van der Waals surface area contributed by atoms with E-state index in [0.717, 1.165) is 17.8 Å². The second kappa shape index (κ2) is 5.60. The van der Waals surface area contributed by atoms with E-state index < -0.39 is 0 Å². The molecule has 0 radical (unpaired) electrons. The standard InChI is InChI=1S/C11H17FN2/c1-14(8-4-7-12)11-6-3-2-5-10(11)9-13/h2-3,5-6H,4,7-9,13H2,1H3. The number of rotatable bonds is 5. The van der Waals surface area contributed by atoms with Crippen molar-refractivity contribution in [2.75, 3.05) is 25.2 Å². The highest BCUT2D eigenvalue weighted by Gasteiger charge is 2.04. The molecule has 0 spiro atoms. The first kappa shape index (κ1) is 11.0. The Morgan fingerprint density at radius 1 is 1.36 bits per heavy atom. The summed E-state index contributed by atoms with van der Waals surface area (Å²) in [5.74, 6) is 0. The summed E-state index contributed by atoms with van der Waals surface area (Å²) in [6.45, 7) is 0.985. The van der Waals surface area contributed by atoms with Crippen molar-refractivity contribution in [3.8, 4) is 0 Å². The minimum Gasteiger partial charge on any atom is -0.374 e. The first-order chi connectivity index (χ1) is 6.79.